The first-order valence-electron chi connectivity index (χ1n) is 8.02. The maximum Gasteiger partial charge on any atom is 0.203 e. The quantitative estimate of drug-likeness (QED) is 0.763. The molecule has 0 amide bonds. The van der Waals surface area contributed by atoms with Crippen molar-refractivity contribution in [2.75, 3.05) is 6.61 Å². The number of hydrogen-bond acceptors (Lipinski definition) is 2. The number of aryl methyl sites for hydroxylation is 1. The molecule has 0 aliphatic heterocycles. The van der Waals surface area contributed by atoms with Crippen LogP contribution in [0.15, 0.2) is 48.5 Å². The number of nitrogens with one attached hydrogen (secondary N) is 1. The smallest absolute Gasteiger partial charge is 0.203 e. The molecule has 0 fully saturated rings. The number of para-hydroxylation sites is 2. The van der Waals surface area contributed by atoms with Crippen molar-refractivity contribution in [3.05, 3.63) is 59.7 Å². The van der Waals surface area contributed by atoms with Gasteiger partial charge in [0.1, 0.15) is 12.4 Å². The van der Waals surface area contributed by atoms with Crippen molar-refractivity contribution in [2.24, 2.45) is 0 Å². The van der Waals surface area contributed by atoms with Crippen molar-refractivity contribution in [3.63, 3.8) is 0 Å². The summed E-state index contributed by atoms with van der Waals surface area (Å²) in [4.78, 5) is 0. The van der Waals surface area contributed by atoms with Gasteiger partial charge in [0, 0.05) is 6.04 Å². The Hall–Kier alpha value is -2.49. The second-order valence-corrected chi connectivity index (χ2v) is 6.09. The van der Waals surface area contributed by atoms with E-state index in [1.54, 1.807) is 0 Å². The fourth-order valence-corrected chi connectivity index (χ4v) is 2.89. The van der Waals surface area contributed by atoms with E-state index in [2.05, 4.69) is 37.5 Å². The number of nitrogens with zero attached hydrogens (tertiary/aromatic N) is 2. The first-order valence-corrected chi connectivity index (χ1v) is 8.02. The van der Waals surface area contributed by atoms with Gasteiger partial charge in [0.25, 0.3) is 0 Å². The Bertz CT molecular complexity index is 856. The molecule has 0 saturated heterocycles. The Labute approximate surface area is 136 Å². The van der Waals surface area contributed by atoms with Crippen LogP contribution in [-0.2, 0) is 6.54 Å². The summed E-state index contributed by atoms with van der Waals surface area (Å²) in [5.74, 6) is 0.871. The first-order chi connectivity index (χ1) is 11.1. The van der Waals surface area contributed by atoms with Gasteiger partial charge in [-0.1, -0.05) is 29.8 Å². The largest absolute Gasteiger partial charge is 0.492 e. The lowest BCUT2D eigenvalue weighted by molar-refractivity contribution is 0.296. The number of ether oxygens (including phenoxy) is 1. The first kappa shape index (κ1) is 15.4. The molecule has 0 saturated carbocycles. The summed E-state index contributed by atoms with van der Waals surface area (Å²) < 4.78 is 9.90. The van der Waals surface area contributed by atoms with Gasteiger partial charge in [0.05, 0.1) is 17.6 Å². The van der Waals surface area contributed by atoms with Gasteiger partial charge in [0.2, 0.25) is 5.62 Å². The number of hydrogen-bond donors (Lipinski definition) is 1. The zero-order valence-corrected chi connectivity index (χ0v) is 13.9. The van der Waals surface area contributed by atoms with Crippen LogP contribution in [0.25, 0.3) is 11.0 Å². The number of aromatic nitrogens is 2. The van der Waals surface area contributed by atoms with Crippen LogP contribution in [0.1, 0.15) is 25.5 Å². The van der Waals surface area contributed by atoms with Crippen LogP contribution in [0.5, 0.6) is 5.75 Å². The second kappa shape index (κ2) is 6.32. The van der Waals surface area contributed by atoms with E-state index in [1.165, 1.54) is 5.56 Å². The van der Waals surface area contributed by atoms with Crippen LogP contribution in [0.2, 0.25) is 0 Å². The topological polar surface area (TPSA) is 42.9 Å². The van der Waals surface area contributed by atoms with Crippen molar-refractivity contribution in [3.8, 4) is 5.75 Å². The average Bonchev–Trinajstić information content (AvgIpc) is 2.82. The molecule has 1 N–H and O–H groups in total. The maximum atomic E-state index is 8.49. The van der Waals surface area contributed by atoms with Gasteiger partial charge in [0.15, 0.2) is 0 Å². The van der Waals surface area contributed by atoms with Crippen molar-refractivity contribution in [1.29, 1.82) is 5.41 Å². The Morgan fingerprint density at radius 1 is 1.00 bits per heavy atom. The molecule has 2 aromatic carbocycles. The minimum atomic E-state index is 0.256. The molecule has 0 aliphatic carbocycles. The van der Waals surface area contributed by atoms with E-state index >= 15 is 0 Å². The molecule has 4 nitrogen and oxygen atoms in total. The average molecular weight is 309 g/mol. The van der Waals surface area contributed by atoms with Crippen LogP contribution in [-0.4, -0.2) is 15.7 Å². The van der Waals surface area contributed by atoms with Crippen LogP contribution in [0, 0.1) is 12.3 Å². The number of fused-ring (bicyclic) bond motifs is 1. The molecule has 3 aromatic rings. The Kier molecular flexibility index (Phi) is 4.24. The molecule has 0 radical (unpaired) electrons. The highest BCUT2D eigenvalue weighted by Crippen LogP contribution is 2.17. The molecule has 0 unspecified atom stereocenters. The van der Waals surface area contributed by atoms with Crippen molar-refractivity contribution >= 4 is 11.0 Å². The molecule has 0 aliphatic rings. The molecular formula is C19H23N3O. The van der Waals surface area contributed by atoms with Gasteiger partial charge in [-0.15, -0.1) is 0 Å². The molecule has 0 bridgehead atoms. The Balaban J connectivity index is 1.84. The molecule has 0 atom stereocenters. The lowest BCUT2D eigenvalue weighted by atomic mass is 10.2. The minimum absolute atomic E-state index is 0.256. The standard InChI is InChI=1S/C19H23N3O/c1-14(2)22-18-7-5-4-6-17(18)21(19(22)20)12-13-23-16-10-8-15(3)9-11-16/h4-11,14,20H,12-13H2,1-3H3. The third-order valence-corrected chi connectivity index (χ3v) is 4.04. The maximum absolute atomic E-state index is 8.49. The van der Waals surface area contributed by atoms with Crippen molar-refractivity contribution in [1.82, 2.24) is 9.13 Å². The molecule has 4 heteroatoms. The van der Waals surface area contributed by atoms with Crippen molar-refractivity contribution in [2.45, 2.75) is 33.4 Å². The summed E-state index contributed by atoms with van der Waals surface area (Å²) in [5.41, 5.74) is 3.93. The molecule has 1 aromatic heterocycles. The van der Waals surface area contributed by atoms with E-state index in [1.807, 2.05) is 41.0 Å². The van der Waals surface area contributed by atoms with E-state index in [0.717, 1.165) is 16.8 Å². The number of rotatable bonds is 5. The Morgan fingerprint density at radius 2 is 1.65 bits per heavy atom. The third kappa shape index (κ3) is 3.02. The van der Waals surface area contributed by atoms with Crippen LogP contribution < -0.4 is 10.4 Å². The molecule has 3 rings (SSSR count). The molecule has 23 heavy (non-hydrogen) atoms. The van der Waals surface area contributed by atoms with Crippen molar-refractivity contribution < 1.29 is 4.74 Å². The van der Waals surface area contributed by atoms with Gasteiger partial charge in [-0.05, 0) is 45.0 Å². The summed E-state index contributed by atoms with van der Waals surface area (Å²) >= 11 is 0. The predicted octanol–water partition coefficient (Wildman–Crippen LogP) is 3.89. The lowest BCUT2D eigenvalue weighted by Crippen LogP contribution is -2.27. The minimum Gasteiger partial charge on any atom is -0.492 e. The molecule has 1 heterocycles. The van der Waals surface area contributed by atoms with Gasteiger partial charge >= 0.3 is 0 Å². The highest BCUT2D eigenvalue weighted by molar-refractivity contribution is 5.76. The SMILES string of the molecule is Cc1ccc(OCCn2c(=N)n(C(C)C)c3ccccc32)cc1. The summed E-state index contributed by atoms with van der Waals surface area (Å²) in [6, 6.07) is 16.5. The van der Waals surface area contributed by atoms with Gasteiger partial charge in [-0.3, -0.25) is 5.41 Å². The van der Waals surface area contributed by atoms with Crippen LogP contribution in [0.3, 0.4) is 0 Å². The predicted molar refractivity (Wildman–Crippen MR) is 92.8 cm³/mol. The highest BCUT2D eigenvalue weighted by Gasteiger charge is 2.12. The van der Waals surface area contributed by atoms with E-state index in [0.29, 0.717) is 18.8 Å². The zero-order valence-electron chi connectivity index (χ0n) is 13.9. The summed E-state index contributed by atoms with van der Waals surface area (Å²) in [5, 5.41) is 8.49. The summed E-state index contributed by atoms with van der Waals surface area (Å²) in [6.45, 7) is 7.49. The van der Waals surface area contributed by atoms with Gasteiger partial charge in [-0.2, -0.15) is 0 Å². The van der Waals surface area contributed by atoms with Gasteiger partial charge in [-0.25, -0.2) is 0 Å². The fourth-order valence-electron chi connectivity index (χ4n) is 2.89. The summed E-state index contributed by atoms with van der Waals surface area (Å²) in [7, 11) is 0. The second-order valence-electron chi connectivity index (χ2n) is 6.09. The van der Waals surface area contributed by atoms with Crippen LogP contribution >= 0.6 is 0 Å². The summed E-state index contributed by atoms with van der Waals surface area (Å²) in [6.07, 6.45) is 0. The van der Waals surface area contributed by atoms with E-state index < -0.39 is 0 Å². The van der Waals surface area contributed by atoms with E-state index in [4.69, 9.17) is 10.1 Å². The lowest BCUT2D eigenvalue weighted by Gasteiger charge is -2.09. The highest BCUT2D eigenvalue weighted by atomic mass is 16.5. The van der Waals surface area contributed by atoms with Crippen LogP contribution in [0.4, 0.5) is 0 Å². The third-order valence-electron chi connectivity index (χ3n) is 4.04. The fraction of sp³-hybridized carbons (Fsp3) is 0.316. The monoisotopic (exact) mass is 309 g/mol. The number of imidazole rings is 1. The Morgan fingerprint density at radius 3 is 2.30 bits per heavy atom. The van der Waals surface area contributed by atoms with Gasteiger partial charge < -0.3 is 13.9 Å². The molecule has 0 spiro atoms. The number of benzene rings is 2. The van der Waals surface area contributed by atoms with E-state index in [-0.39, 0.29) is 6.04 Å². The van der Waals surface area contributed by atoms with E-state index in [9.17, 15) is 0 Å². The molecular weight excluding hydrogens is 286 g/mol. The normalized spacial score (nSPS) is 11.3. The zero-order chi connectivity index (χ0) is 16.4. The molecule has 120 valence electrons.